The van der Waals surface area contributed by atoms with Crippen molar-refractivity contribution >= 4 is 38.9 Å². The molecule has 3 rings (SSSR count). The predicted molar refractivity (Wildman–Crippen MR) is 112 cm³/mol. The van der Waals surface area contributed by atoms with E-state index in [4.69, 9.17) is 11.6 Å². The predicted octanol–water partition coefficient (Wildman–Crippen LogP) is 3.46. The summed E-state index contributed by atoms with van der Waals surface area (Å²) >= 11 is 3.33. The number of amides is 1. The molecule has 2 aromatic rings. The van der Waals surface area contributed by atoms with E-state index in [1.165, 1.54) is 18.3 Å². The van der Waals surface area contributed by atoms with E-state index >= 15 is 0 Å². The quantitative estimate of drug-likeness (QED) is 0.157. The van der Waals surface area contributed by atoms with Crippen LogP contribution in [0.25, 0.3) is 5.57 Å². The van der Waals surface area contributed by atoms with Crippen LogP contribution in [0.3, 0.4) is 0 Å². The number of carbonyl (C=O) groups excluding carboxylic acids is 1. The number of benzene rings is 1. The van der Waals surface area contributed by atoms with Gasteiger partial charge < -0.3 is 16.9 Å². The Labute approximate surface area is 175 Å². The van der Waals surface area contributed by atoms with Crippen LogP contribution < -0.4 is 16.9 Å². The van der Waals surface area contributed by atoms with Gasteiger partial charge in [0, 0.05) is 22.6 Å². The Morgan fingerprint density at radius 1 is 1.38 bits per heavy atom. The van der Waals surface area contributed by atoms with E-state index in [0.29, 0.717) is 16.9 Å². The minimum Gasteiger partial charge on any atom is -0.404 e. The van der Waals surface area contributed by atoms with Crippen molar-refractivity contribution in [3.8, 4) is 0 Å². The van der Waals surface area contributed by atoms with Crippen LogP contribution in [0, 0.1) is 12.7 Å². The number of pyridine rings is 1. The summed E-state index contributed by atoms with van der Waals surface area (Å²) in [6.07, 6.45) is 4.60. The minimum absolute atomic E-state index is 0.0386. The zero-order valence-corrected chi connectivity index (χ0v) is 17.1. The normalized spacial score (nSPS) is 15.0. The Balaban J connectivity index is 1.89. The van der Waals surface area contributed by atoms with Crippen LogP contribution >= 0.6 is 15.9 Å². The van der Waals surface area contributed by atoms with Crippen molar-refractivity contribution in [1.29, 1.82) is 0 Å². The molecule has 1 aliphatic rings. The molecule has 8 nitrogen and oxygen atoms in total. The molecular weight excluding hydrogens is 441 g/mol. The lowest BCUT2D eigenvalue weighted by Crippen LogP contribution is -2.17. The highest BCUT2D eigenvalue weighted by atomic mass is 79.9. The molecule has 1 heterocycles. The molecule has 1 amide bonds. The molecule has 0 spiro atoms. The minimum atomic E-state index is -0.567. The topological polar surface area (TPSA) is 131 Å². The van der Waals surface area contributed by atoms with Crippen LogP contribution in [-0.4, -0.2) is 22.8 Å². The summed E-state index contributed by atoms with van der Waals surface area (Å²) in [7, 11) is 0. The van der Waals surface area contributed by atoms with Crippen molar-refractivity contribution in [2.24, 2.45) is 26.9 Å². The lowest BCUT2D eigenvalue weighted by molar-refractivity contribution is -0.111. The molecule has 5 N–H and O–H groups in total. The Kier molecular flexibility index (Phi) is 6.32. The maximum Gasteiger partial charge on any atom is 0.259 e. The van der Waals surface area contributed by atoms with Crippen molar-refractivity contribution in [1.82, 2.24) is 4.98 Å². The molecule has 1 saturated carbocycles. The van der Waals surface area contributed by atoms with Crippen LogP contribution in [0.1, 0.15) is 29.7 Å². The molecule has 1 aliphatic carbocycles. The van der Waals surface area contributed by atoms with Gasteiger partial charge in [-0.15, -0.1) is 5.11 Å². The Morgan fingerprint density at radius 3 is 2.76 bits per heavy atom. The number of hydrogen-bond donors (Lipinski definition) is 3. The summed E-state index contributed by atoms with van der Waals surface area (Å²) in [6, 6.07) is 6.22. The lowest BCUT2D eigenvalue weighted by atomic mass is 10.1. The van der Waals surface area contributed by atoms with Crippen LogP contribution in [-0.2, 0) is 4.79 Å². The van der Waals surface area contributed by atoms with E-state index in [2.05, 4.69) is 41.6 Å². The molecule has 0 atom stereocenters. The molecular formula is C19H19BrFN7O. The number of hydrazone groups is 1. The molecule has 0 bridgehead atoms. The van der Waals surface area contributed by atoms with Crippen molar-refractivity contribution in [3.05, 3.63) is 63.8 Å². The number of nitrogens with zero attached hydrogens (tertiary/aromatic N) is 4. The maximum atomic E-state index is 14.5. The molecule has 1 aromatic carbocycles. The molecule has 150 valence electrons. The van der Waals surface area contributed by atoms with Gasteiger partial charge in [-0.25, -0.2) is 4.39 Å². The van der Waals surface area contributed by atoms with Crippen LogP contribution in [0.15, 0.2) is 56.5 Å². The number of hydrogen-bond acceptors (Lipinski definition) is 6. The number of aryl methyl sites for hydroxylation is 1. The second kappa shape index (κ2) is 8.91. The average molecular weight is 460 g/mol. The molecule has 1 aromatic heterocycles. The van der Waals surface area contributed by atoms with Gasteiger partial charge in [-0.05, 0) is 49.6 Å². The number of rotatable bonds is 5. The third-order valence-electron chi connectivity index (χ3n) is 4.20. The molecule has 0 aliphatic heterocycles. The largest absolute Gasteiger partial charge is 0.404 e. The first-order valence-corrected chi connectivity index (χ1v) is 9.56. The Morgan fingerprint density at radius 2 is 2.14 bits per heavy atom. The third-order valence-corrected chi connectivity index (χ3v) is 4.69. The monoisotopic (exact) mass is 459 g/mol. The van der Waals surface area contributed by atoms with Gasteiger partial charge in [0.05, 0.1) is 22.9 Å². The van der Waals surface area contributed by atoms with E-state index in [0.717, 1.165) is 17.3 Å². The zero-order valence-electron chi connectivity index (χ0n) is 15.6. The third kappa shape index (κ3) is 5.02. The van der Waals surface area contributed by atoms with E-state index < -0.39 is 11.7 Å². The summed E-state index contributed by atoms with van der Waals surface area (Å²) in [5, 5.41) is 14.3. The number of nitrogens with one attached hydrogen (secondary N) is 1. The Bertz CT molecular complexity index is 1030. The van der Waals surface area contributed by atoms with Gasteiger partial charge in [0.15, 0.2) is 0 Å². The maximum absolute atomic E-state index is 14.5. The number of aromatic nitrogens is 1. The number of azo groups is 1. The fourth-order valence-electron chi connectivity index (χ4n) is 2.47. The molecule has 29 heavy (non-hydrogen) atoms. The fourth-order valence-corrected chi connectivity index (χ4v) is 2.81. The number of anilines is 1. The second-order valence-corrected chi connectivity index (χ2v) is 7.36. The standard InChI is InChI=1S/C19H19BrFN7O/c1-10-6-15(21)13(18(26-23)28-27-12-2-3-12)8-16(10)25-19(29)14(9-22)17-7-11(20)4-5-24-17/h4-9,12H,2-3,22-23H2,1H3,(H,25,29)/b14-9+,26-18-,28-27?. The van der Waals surface area contributed by atoms with Crippen molar-refractivity contribution in [2.75, 3.05) is 5.32 Å². The fraction of sp³-hybridized carbons (Fsp3) is 0.211. The van der Waals surface area contributed by atoms with Crippen molar-refractivity contribution < 1.29 is 9.18 Å². The summed E-state index contributed by atoms with van der Waals surface area (Å²) < 4.78 is 15.2. The van der Waals surface area contributed by atoms with Gasteiger partial charge in [0.25, 0.3) is 5.91 Å². The van der Waals surface area contributed by atoms with E-state index in [9.17, 15) is 9.18 Å². The van der Waals surface area contributed by atoms with Crippen molar-refractivity contribution in [2.45, 2.75) is 25.8 Å². The van der Waals surface area contributed by atoms with E-state index in [1.54, 1.807) is 25.3 Å². The number of nitrogens with two attached hydrogens (primary N) is 2. The summed E-state index contributed by atoms with van der Waals surface area (Å²) in [5.41, 5.74) is 7.11. The zero-order chi connectivity index (χ0) is 21.0. The molecule has 0 radical (unpaired) electrons. The van der Waals surface area contributed by atoms with Gasteiger partial charge in [-0.2, -0.15) is 10.2 Å². The van der Waals surface area contributed by atoms with Gasteiger partial charge in [-0.1, -0.05) is 15.9 Å². The first kappa shape index (κ1) is 20.6. The SMILES string of the molecule is Cc1cc(F)c(/C(N=NC2CC2)=N/N)cc1NC(=O)/C(=C/N)c1cc(Br)ccn1. The van der Waals surface area contributed by atoms with Gasteiger partial charge >= 0.3 is 0 Å². The van der Waals surface area contributed by atoms with Gasteiger partial charge in [-0.3, -0.25) is 9.78 Å². The highest BCUT2D eigenvalue weighted by molar-refractivity contribution is 9.10. The van der Waals surface area contributed by atoms with Crippen LogP contribution in [0.2, 0.25) is 0 Å². The number of amidine groups is 1. The highest BCUT2D eigenvalue weighted by Gasteiger charge is 2.22. The lowest BCUT2D eigenvalue weighted by Gasteiger charge is -2.13. The summed E-state index contributed by atoms with van der Waals surface area (Å²) in [4.78, 5) is 16.9. The second-order valence-electron chi connectivity index (χ2n) is 6.44. The summed E-state index contributed by atoms with van der Waals surface area (Å²) in [6.45, 7) is 1.66. The highest BCUT2D eigenvalue weighted by Crippen LogP contribution is 2.26. The van der Waals surface area contributed by atoms with Crippen LogP contribution in [0.4, 0.5) is 10.1 Å². The molecule has 0 saturated heterocycles. The summed E-state index contributed by atoms with van der Waals surface area (Å²) in [5.74, 6) is 4.26. The van der Waals surface area contributed by atoms with E-state index in [-0.39, 0.29) is 23.0 Å². The van der Waals surface area contributed by atoms with Crippen molar-refractivity contribution in [3.63, 3.8) is 0 Å². The Hall–Kier alpha value is -3.14. The molecule has 1 fully saturated rings. The first-order chi connectivity index (χ1) is 13.9. The van der Waals surface area contributed by atoms with Gasteiger partial charge in [0.1, 0.15) is 5.82 Å². The van der Waals surface area contributed by atoms with Gasteiger partial charge in [0.2, 0.25) is 5.84 Å². The number of carbonyl (C=O) groups is 1. The van der Waals surface area contributed by atoms with Crippen LogP contribution in [0.5, 0.6) is 0 Å². The first-order valence-electron chi connectivity index (χ1n) is 8.77. The van der Waals surface area contributed by atoms with E-state index in [1.807, 2.05) is 0 Å². The number of halogens is 2. The molecule has 0 unspecified atom stereocenters. The molecule has 10 heteroatoms. The average Bonchev–Trinajstić information content (AvgIpc) is 3.50. The smallest absolute Gasteiger partial charge is 0.259 e.